The van der Waals surface area contributed by atoms with Crippen LogP contribution in [-0.4, -0.2) is 22.3 Å². The smallest absolute Gasteiger partial charge is 0.256 e. The maximum absolute atomic E-state index is 13.8. The average Bonchev–Trinajstić information content (AvgIpc) is 3.16. The quantitative estimate of drug-likeness (QED) is 0.308. The third-order valence-corrected chi connectivity index (χ3v) is 6.34. The molecule has 1 aromatic heterocycles. The van der Waals surface area contributed by atoms with Crippen molar-refractivity contribution < 1.29 is 9.18 Å². The molecule has 3 aromatic carbocycles. The van der Waals surface area contributed by atoms with Crippen molar-refractivity contribution in [3.05, 3.63) is 106 Å². The number of carbonyl (C=O) groups excluding carboxylic acids is 1. The highest BCUT2D eigenvalue weighted by molar-refractivity contribution is 6.32. The van der Waals surface area contributed by atoms with Gasteiger partial charge in [-0.2, -0.15) is 0 Å². The number of fused-ring (bicyclic) bond motifs is 1. The first-order valence-corrected chi connectivity index (χ1v) is 11.9. The number of nitrogens with one attached hydrogen (secondary N) is 1. The predicted octanol–water partition coefficient (Wildman–Crippen LogP) is 7.45. The van der Waals surface area contributed by atoms with Crippen LogP contribution in [0, 0.1) is 12.7 Å². The Kier molecular flexibility index (Phi) is 6.81. The van der Waals surface area contributed by atoms with Gasteiger partial charge in [-0.25, -0.2) is 4.39 Å². The molecule has 4 rings (SSSR count). The third kappa shape index (κ3) is 5.51. The first-order chi connectivity index (χ1) is 16.1. The van der Waals surface area contributed by atoms with Gasteiger partial charge in [0.15, 0.2) is 0 Å². The normalized spacial score (nSPS) is 11.7. The summed E-state index contributed by atoms with van der Waals surface area (Å²) in [6.07, 6.45) is 0.625. The monoisotopic (exact) mass is 476 g/mol. The first kappa shape index (κ1) is 24.0. The summed E-state index contributed by atoms with van der Waals surface area (Å²) < 4.78 is 13.3. The molecule has 3 nitrogen and oxygen atoms in total. The minimum Gasteiger partial charge on any atom is -0.358 e. The number of H-pyrrole nitrogens is 1. The molecule has 176 valence electrons. The lowest BCUT2D eigenvalue weighted by Crippen LogP contribution is -2.32. The number of halogens is 2. The summed E-state index contributed by atoms with van der Waals surface area (Å²) >= 11 is 6.37. The summed E-state index contributed by atoms with van der Waals surface area (Å²) in [4.78, 5) is 19.0. The van der Waals surface area contributed by atoms with Gasteiger partial charge in [-0.1, -0.05) is 68.8 Å². The molecule has 0 unspecified atom stereocenters. The molecule has 34 heavy (non-hydrogen) atoms. The van der Waals surface area contributed by atoms with Gasteiger partial charge in [-0.3, -0.25) is 4.79 Å². The van der Waals surface area contributed by atoms with Crippen LogP contribution in [0.2, 0.25) is 5.02 Å². The molecule has 4 aromatic rings. The number of aromatic nitrogens is 1. The number of nitrogens with zero attached hydrogens (tertiary/aromatic N) is 1. The van der Waals surface area contributed by atoms with Crippen molar-refractivity contribution in [3.63, 3.8) is 0 Å². The Hall–Kier alpha value is -3.11. The summed E-state index contributed by atoms with van der Waals surface area (Å²) in [7, 11) is 0. The fourth-order valence-corrected chi connectivity index (χ4v) is 4.41. The molecule has 0 atom stereocenters. The maximum Gasteiger partial charge on any atom is 0.256 e. The standard InChI is InChI=1S/C29H30ClFN2O/c1-19-15-22-16-24(30)17-26(27(22)32-19)28(34)33(14-13-20-7-11-25(31)12-8-20)18-21-5-9-23(10-6-21)29(2,3)4/h5-12,15-17,32H,13-14,18H2,1-4H3. The van der Waals surface area contributed by atoms with Crippen molar-refractivity contribution >= 4 is 28.4 Å². The summed E-state index contributed by atoms with van der Waals surface area (Å²) in [5.74, 6) is -0.351. The third-order valence-electron chi connectivity index (χ3n) is 6.12. The van der Waals surface area contributed by atoms with E-state index in [4.69, 9.17) is 11.6 Å². The molecule has 1 amide bonds. The summed E-state index contributed by atoms with van der Waals surface area (Å²) in [6, 6.07) is 20.5. The number of benzene rings is 3. The zero-order valence-corrected chi connectivity index (χ0v) is 20.8. The van der Waals surface area contributed by atoms with Gasteiger partial charge in [0.25, 0.3) is 5.91 Å². The van der Waals surface area contributed by atoms with Crippen LogP contribution in [0.25, 0.3) is 10.9 Å². The summed E-state index contributed by atoms with van der Waals surface area (Å²) in [5.41, 5.74) is 5.67. The molecular formula is C29H30ClFN2O. The zero-order valence-electron chi connectivity index (χ0n) is 20.1. The Morgan fingerprint density at radius 2 is 1.62 bits per heavy atom. The van der Waals surface area contributed by atoms with Gasteiger partial charge >= 0.3 is 0 Å². The number of hydrogen-bond donors (Lipinski definition) is 1. The van der Waals surface area contributed by atoms with Crippen molar-refractivity contribution in [2.45, 2.75) is 46.1 Å². The van der Waals surface area contributed by atoms with Crippen LogP contribution in [0.3, 0.4) is 0 Å². The zero-order chi connectivity index (χ0) is 24.5. The number of rotatable bonds is 6. The van der Waals surface area contributed by atoms with E-state index in [9.17, 15) is 9.18 Å². The fourth-order valence-electron chi connectivity index (χ4n) is 4.18. The molecule has 0 aliphatic carbocycles. The topological polar surface area (TPSA) is 36.1 Å². The van der Waals surface area contributed by atoms with E-state index < -0.39 is 0 Å². The lowest BCUT2D eigenvalue weighted by atomic mass is 9.87. The molecule has 1 heterocycles. The Balaban J connectivity index is 1.65. The van der Waals surface area contributed by atoms with Crippen LogP contribution in [0.1, 0.15) is 53.5 Å². The van der Waals surface area contributed by atoms with Crippen LogP contribution in [0.4, 0.5) is 4.39 Å². The highest BCUT2D eigenvalue weighted by atomic mass is 35.5. The minimum absolute atomic E-state index is 0.0640. The Morgan fingerprint density at radius 3 is 2.26 bits per heavy atom. The molecule has 0 saturated heterocycles. The van der Waals surface area contributed by atoms with Crippen molar-refractivity contribution in [1.82, 2.24) is 9.88 Å². The van der Waals surface area contributed by atoms with Crippen LogP contribution < -0.4 is 0 Å². The van der Waals surface area contributed by atoms with Gasteiger partial charge < -0.3 is 9.88 Å². The van der Waals surface area contributed by atoms with E-state index in [2.05, 4.69) is 50.0 Å². The number of aromatic amines is 1. The highest BCUT2D eigenvalue weighted by Gasteiger charge is 2.21. The van der Waals surface area contributed by atoms with E-state index in [0.29, 0.717) is 30.1 Å². The second-order valence-electron chi connectivity index (χ2n) is 9.92. The lowest BCUT2D eigenvalue weighted by molar-refractivity contribution is 0.0747. The van der Waals surface area contributed by atoms with E-state index in [0.717, 1.165) is 27.7 Å². The van der Waals surface area contributed by atoms with Gasteiger partial charge in [0.05, 0.1) is 11.1 Å². The minimum atomic E-state index is -0.265. The van der Waals surface area contributed by atoms with Crippen molar-refractivity contribution in [2.24, 2.45) is 0 Å². The van der Waals surface area contributed by atoms with Crippen LogP contribution >= 0.6 is 11.6 Å². The van der Waals surface area contributed by atoms with E-state index in [-0.39, 0.29) is 17.1 Å². The molecule has 0 bridgehead atoms. The largest absolute Gasteiger partial charge is 0.358 e. The summed E-state index contributed by atoms with van der Waals surface area (Å²) in [5, 5.41) is 1.45. The van der Waals surface area contributed by atoms with Gasteiger partial charge in [-0.05, 0) is 65.8 Å². The van der Waals surface area contributed by atoms with Crippen molar-refractivity contribution in [1.29, 1.82) is 0 Å². The highest BCUT2D eigenvalue weighted by Crippen LogP contribution is 2.27. The molecule has 0 saturated carbocycles. The van der Waals surface area contributed by atoms with Crippen molar-refractivity contribution in [3.8, 4) is 0 Å². The average molecular weight is 477 g/mol. The molecule has 0 spiro atoms. The maximum atomic E-state index is 13.8. The molecule has 0 radical (unpaired) electrons. The molecule has 5 heteroatoms. The van der Waals surface area contributed by atoms with E-state index in [1.807, 2.05) is 24.0 Å². The number of carbonyl (C=O) groups is 1. The SMILES string of the molecule is Cc1cc2cc(Cl)cc(C(=O)N(CCc3ccc(F)cc3)Cc3ccc(C(C)(C)C)cc3)c2[nH]1. The second kappa shape index (κ2) is 9.63. The van der Waals surface area contributed by atoms with Crippen LogP contribution in [0.15, 0.2) is 66.7 Å². The summed E-state index contributed by atoms with van der Waals surface area (Å²) in [6.45, 7) is 9.48. The van der Waals surface area contributed by atoms with Crippen LogP contribution in [0.5, 0.6) is 0 Å². The fraction of sp³-hybridized carbons (Fsp3) is 0.276. The molecule has 0 fully saturated rings. The Morgan fingerprint density at radius 1 is 0.971 bits per heavy atom. The number of hydrogen-bond acceptors (Lipinski definition) is 1. The second-order valence-corrected chi connectivity index (χ2v) is 10.4. The van der Waals surface area contributed by atoms with Gasteiger partial charge in [0.1, 0.15) is 5.82 Å². The van der Waals surface area contributed by atoms with Gasteiger partial charge in [0.2, 0.25) is 0 Å². The lowest BCUT2D eigenvalue weighted by Gasteiger charge is -2.25. The first-order valence-electron chi connectivity index (χ1n) is 11.5. The number of amides is 1. The molecule has 1 N–H and O–H groups in total. The van der Waals surface area contributed by atoms with Crippen LogP contribution in [-0.2, 0) is 18.4 Å². The van der Waals surface area contributed by atoms with Gasteiger partial charge in [-0.15, -0.1) is 0 Å². The van der Waals surface area contributed by atoms with Crippen molar-refractivity contribution in [2.75, 3.05) is 6.54 Å². The van der Waals surface area contributed by atoms with E-state index >= 15 is 0 Å². The Bertz CT molecular complexity index is 1300. The molecule has 0 aliphatic rings. The Labute approximate surface area is 205 Å². The number of aryl methyl sites for hydroxylation is 1. The predicted molar refractivity (Wildman–Crippen MR) is 138 cm³/mol. The van der Waals surface area contributed by atoms with Gasteiger partial charge in [0, 0.05) is 29.2 Å². The molecular weight excluding hydrogens is 447 g/mol. The van der Waals surface area contributed by atoms with E-state index in [1.165, 1.54) is 17.7 Å². The molecule has 0 aliphatic heterocycles. The van der Waals surface area contributed by atoms with E-state index in [1.54, 1.807) is 18.2 Å².